The molecular formula is C19H21N9O3. The topological polar surface area (TPSA) is 149 Å². The summed E-state index contributed by atoms with van der Waals surface area (Å²) in [6, 6.07) is 3.06. The molecule has 0 atom stereocenters. The van der Waals surface area contributed by atoms with Crippen LogP contribution in [-0.2, 0) is 11.8 Å². The Bertz CT molecular complexity index is 1240. The highest BCUT2D eigenvalue weighted by atomic mass is 16.5. The van der Waals surface area contributed by atoms with E-state index in [0.717, 1.165) is 12.8 Å². The summed E-state index contributed by atoms with van der Waals surface area (Å²) in [5.74, 6) is -0.693. The number of nitrogens with one attached hydrogen (secondary N) is 3. The lowest BCUT2D eigenvalue weighted by atomic mass is 10.2. The van der Waals surface area contributed by atoms with Crippen molar-refractivity contribution < 1.29 is 18.4 Å². The number of amides is 2. The minimum atomic E-state index is -2.74. The summed E-state index contributed by atoms with van der Waals surface area (Å²) >= 11 is 0. The van der Waals surface area contributed by atoms with Crippen molar-refractivity contribution in [2.45, 2.75) is 12.8 Å². The lowest BCUT2D eigenvalue weighted by Gasteiger charge is -2.15. The summed E-state index contributed by atoms with van der Waals surface area (Å²) in [7, 11) is 3.11. The van der Waals surface area contributed by atoms with Gasteiger partial charge in [-0.15, -0.1) is 10.2 Å². The zero-order valence-corrected chi connectivity index (χ0v) is 16.7. The molecule has 3 N–H and O–H groups in total. The molecule has 1 saturated carbocycles. The number of aryl methyl sites for hydroxylation is 1. The van der Waals surface area contributed by atoms with Crippen molar-refractivity contribution in [3.05, 3.63) is 30.2 Å². The highest BCUT2D eigenvalue weighted by Crippen LogP contribution is 2.36. The molecule has 31 heavy (non-hydrogen) atoms. The zero-order valence-electron chi connectivity index (χ0n) is 19.7. The quantitative estimate of drug-likeness (QED) is 0.505. The Hall–Kier alpha value is -4.09. The SMILES string of the molecule is [2H]C([2H])([2H])NC(=O)c1nnc(NC(=O)C2CC2)cc1Nc1nccc(-c2cnn(C)n2)c1OC. The van der Waals surface area contributed by atoms with Crippen molar-refractivity contribution in [2.75, 3.05) is 24.7 Å². The number of methoxy groups -OCH3 is 1. The first-order valence-corrected chi connectivity index (χ1v) is 9.32. The number of carbonyl (C=O) groups excluding carboxylic acids is 2. The lowest BCUT2D eigenvalue weighted by Crippen LogP contribution is -2.22. The highest BCUT2D eigenvalue weighted by Gasteiger charge is 2.30. The maximum atomic E-state index is 12.6. The number of carbonyl (C=O) groups is 2. The molecule has 12 heteroatoms. The number of pyridine rings is 1. The molecule has 1 fully saturated rings. The second-order valence-electron chi connectivity index (χ2n) is 6.79. The Balaban J connectivity index is 1.72. The first-order chi connectivity index (χ1) is 16.1. The molecule has 0 bridgehead atoms. The molecule has 0 radical (unpaired) electrons. The first kappa shape index (κ1) is 16.7. The van der Waals surface area contributed by atoms with Crippen LogP contribution >= 0.6 is 0 Å². The van der Waals surface area contributed by atoms with Gasteiger partial charge in [0.05, 0.1) is 24.6 Å². The van der Waals surface area contributed by atoms with Gasteiger partial charge in [-0.2, -0.15) is 15.0 Å². The molecule has 0 unspecified atom stereocenters. The van der Waals surface area contributed by atoms with Gasteiger partial charge in [-0.25, -0.2) is 4.98 Å². The summed E-state index contributed by atoms with van der Waals surface area (Å²) in [6.45, 7) is -2.74. The van der Waals surface area contributed by atoms with Crippen molar-refractivity contribution in [3.8, 4) is 17.0 Å². The Morgan fingerprint density at radius 2 is 2.16 bits per heavy atom. The third kappa shape index (κ3) is 4.27. The number of hydrogen-bond donors (Lipinski definition) is 3. The standard InChI is InChI=1S/C19H21N9O3/c1-20-19(30)15-12(8-14(25-26-15)24-18(29)10-4-5-10)23-17-16(31-3)11(6-7-21-17)13-9-22-28(2)27-13/h6-10H,4-5H2,1-3H3,(H,20,30)(H2,21,23,24,25,29)/i1D3. The van der Waals surface area contributed by atoms with Crippen LogP contribution in [0.2, 0.25) is 0 Å². The van der Waals surface area contributed by atoms with Crippen LogP contribution in [0.3, 0.4) is 0 Å². The van der Waals surface area contributed by atoms with Gasteiger partial charge < -0.3 is 20.7 Å². The Morgan fingerprint density at radius 1 is 1.32 bits per heavy atom. The van der Waals surface area contributed by atoms with Crippen molar-refractivity contribution in [2.24, 2.45) is 13.0 Å². The van der Waals surface area contributed by atoms with E-state index in [9.17, 15) is 9.59 Å². The van der Waals surface area contributed by atoms with Gasteiger partial charge >= 0.3 is 0 Å². The average Bonchev–Trinajstić information content (AvgIpc) is 3.53. The summed E-state index contributed by atoms with van der Waals surface area (Å²) in [4.78, 5) is 30.4. The fraction of sp³-hybridized carbons (Fsp3) is 0.316. The van der Waals surface area contributed by atoms with Gasteiger partial charge in [0.25, 0.3) is 5.91 Å². The highest BCUT2D eigenvalue weighted by molar-refractivity contribution is 5.99. The number of ether oxygens (including phenoxy) is 1. The van der Waals surface area contributed by atoms with E-state index in [4.69, 9.17) is 8.85 Å². The van der Waals surface area contributed by atoms with E-state index in [1.54, 1.807) is 19.3 Å². The van der Waals surface area contributed by atoms with Crippen LogP contribution < -0.4 is 20.7 Å². The third-order valence-electron chi connectivity index (χ3n) is 4.56. The Kier molecular flexibility index (Phi) is 4.49. The fourth-order valence-corrected chi connectivity index (χ4v) is 2.89. The van der Waals surface area contributed by atoms with Gasteiger partial charge in [-0.3, -0.25) is 9.59 Å². The van der Waals surface area contributed by atoms with Crippen molar-refractivity contribution in [3.63, 3.8) is 0 Å². The van der Waals surface area contributed by atoms with E-state index in [2.05, 4.69) is 36.0 Å². The number of rotatable bonds is 7. The van der Waals surface area contributed by atoms with Gasteiger partial charge in [-0.05, 0) is 18.9 Å². The van der Waals surface area contributed by atoms with Crippen LogP contribution in [0.4, 0.5) is 17.3 Å². The maximum Gasteiger partial charge on any atom is 0.273 e. The second-order valence-corrected chi connectivity index (χ2v) is 6.79. The summed E-state index contributed by atoms with van der Waals surface area (Å²) < 4.78 is 27.5. The number of hydrogen-bond acceptors (Lipinski definition) is 9. The molecular weight excluding hydrogens is 402 g/mol. The largest absolute Gasteiger partial charge is 0.492 e. The summed E-state index contributed by atoms with van der Waals surface area (Å²) in [5, 5.41) is 23.5. The van der Waals surface area contributed by atoms with Crippen LogP contribution in [0, 0.1) is 5.92 Å². The fourth-order valence-electron chi connectivity index (χ4n) is 2.89. The molecule has 3 heterocycles. The normalized spacial score (nSPS) is 14.7. The molecule has 1 aliphatic carbocycles. The van der Waals surface area contributed by atoms with Gasteiger partial charge in [0.15, 0.2) is 23.1 Å². The lowest BCUT2D eigenvalue weighted by molar-refractivity contribution is -0.117. The van der Waals surface area contributed by atoms with Gasteiger partial charge in [-0.1, -0.05) is 0 Å². The van der Waals surface area contributed by atoms with Gasteiger partial charge in [0, 0.05) is 36.3 Å². The first-order valence-electron chi connectivity index (χ1n) is 10.8. The molecule has 0 spiro atoms. The molecule has 0 aromatic carbocycles. The van der Waals surface area contributed by atoms with Gasteiger partial charge in [0.2, 0.25) is 5.91 Å². The van der Waals surface area contributed by atoms with E-state index in [0.29, 0.717) is 17.0 Å². The predicted molar refractivity (Wildman–Crippen MR) is 111 cm³/mol. The number of aromatic nitrogens is 6. The minimum absolute atomic E-state index is 0.0601. The monoisotopic (exact) mass is 426 g/mol. The molecule has 160 valence electrons. The summed E-state index contributed by atoms with van der Waals surface area (Å²) in [5.41, 5.74) is 0.848. The Labute approximate surface area is 181 Å². The average molecular weight is 426 g/mol. The van der Waals surface area contributed by atoms with Crippen LogP contribution in [-0.4, -0.2) is 56.1 Å². The van der Waals surface area contributed by atoms with E-state index < -0.39 is 12.9 Å². The van der Waals surface area contributed by atoms with E-state index in [1.165, 1.54) is 24.2 Å². The van der Waals surface area contributed by atoms with Crippen molar-refractivity contribution >= 4 is 29.1 Å². The van der Waals surface area contributed by atoms with E-state index >= 15 is 0 Å². The number of anilines is 3. The van der Waals surface area contributed by atoms with Crippen LogP contribution in [0.25, 0.3) is 11.3 Å². The molecule has 0 saturated heterocycles. The minimum Gasteiger partial charge on any atom is -0.492 e. The molecule has 2 amide bonds. The van der Waals surface area contributed by atoms with Crippen LogP contribution in [0.15, 0.2) is 24.5 Å². The molecule has 3 aromatic heterocycles. The smallest absolute Gasteiger partial charge is 0.273 e. The molecule has 12 nitrogen and oxygen atoms in total. The number of nitrogens with zero attached hydrogens (tertiary/aromatic N) is 6. The second kappa shape index (κ2) is 8.34. The van der Waals surface area contributed by atoms with E-state index in [1.807, 2.05) is 5.32 Å². The predicted octanol–water partition coefficient (Wildman–Crippen LogP) is 1.13. The van der Waals surface area contributed by atoms with Crippen LogP contribution in [0.1, 0.15) is 27.4 Å². The Morgan fingerprint density at radius 3 is 2.84 bits per heavy atom. The molecule has 4 rings (SSSR count). The molecule has 1 aliphatic rings. The molecule has 0 aliphatic heterocycles. The van der Waals surface area contributed by atoms with Crippen molar-refractivity contribution in [1.82, 2.24) is 35.5 Å². The van der Waals surface area contributed by atoms with Crippen molar-refractivity contribution in [1.29, 1.82) is 0 Å². The van der Waals surface area contributed by atoms with Gasteiger partial charge in [0.1, 0.15) is 5.69 Å². The molecule has 3 aromatic rings. The van der Waals surface area contributed by atoms with Crippen LogP contribution in [0.5, 0.6) is 5.75 Å². The third-order valence-corrected chi connectivity index (χ3v) is 4.56. The summed E-state index contributed by atoms with van der Waals surface area (Å²) in [6.07, 6.45) is 4.64. The maximum absolute atomic E-state index is 12.6. The zero-order chi connectivity index (χ0) is 24.5. The van der Waals surface area contributed by atoms with E-state index in [-0.39, 0.29) is 34.8 Å².